The van der Waals surface area contributed by atoms with Gasteiger partial charge in [-0.2, -0.15) is 0 Å². The maximum atomic E-state index is 12.7. The van der Waals surface area contributed by atoms with Gasteiger partial charge in [-0.3, -0.25) is 4.79 Å². The van der Waals surface area contributed by atoms with E-state index in [2.05, 4.69) is 31.0 Å². The summed E-state index contributed by atoms with van der Waals surface area (Å²) in [4.78, 5) is 18.2. The van der Waals surface area contributed by atoms with Gasteiger partial charge in [0, 0.05) is 25.4 Å². The van der Waals surface area contributed by atoms with E-state index in [1.807, 2.05) is 53.1 Å². The molecule has 1 aliphatic rings. The summed E-state index contributed by atoms with van der Waals surface area (Å²) >= 11 is 8.45. The number of carbonyl (C=O) groups excluding carboxylic acids is 1. The molecular formula is C34H49ClN2O2S. The molecule has 0 aromatic heterocycles. The molecular weight excluding hydrogens is 536 g/mol. The van der Waals surface area contributed by atoms with Crippen LogP contribution < -0.4 is 9.64 Å². The fourth-order valence-corrected chi connectivity index (χ4v) is 6.18. The maximum absolute atomic E-state index is 12.7. The normalized spacial score (nSPS) is 13.0. The predicted octanol–water partition coefficient (Wildman–Crippen LogP) is 10.3. The molecule has 0 fully saturated rings. The van der Waals surface area contributed by atoms with Crippen LogP contribution in [0.3, 0.4) is 0 Å². The quantitative estimate of drug-likeness (QED) is 0.154. The zero-order chi connectivity index (χ0) is 28.6. The van der Waals surface area contributed by atoms with Crippen LogP contribution >= 0.6 is 23.4 Å². The van der Waals surface area contributed by atoms with Gasteiger partial charge in [0.25, 0.3) is 0 Å². The number of para-hydroxylation sites is 1. The topological polar surface area (TPSA) is 32.8 Å². The van der Waals surface area contributed by atoms with Crippen molar-refractivity contribution < 1.29 is 9.53 Å². The Morgan fingerprint density at radius 1 is 0.950 bits per heavy atom. The Hall–Kier alpha value is -2.11. The summed E-state index contributed by atoms with van der Waals surface area (Å²) in [5.74, 6) is 1.67. The molecule has 0 aliphatic carbocycles. The fourth-order valence-electron chi connectivity index (χ4n) is 5.17. The van der Waals surface area contributed by atoms with Crippen molar-refractivity contribution in [1.82, 2.24) is 4.90 Å². The van der Waals surface area contributed by atoms with Crippen LogP contribution in [0, 0.1) is 0 Å². The third-order valence-electron chi connectivity index (χ3n) is 7.45. The third kappa shape index (κ3) is 11.4. The van der Waals surface area contributed by atoms with Crippen LogP contribution in [0.25, 0.3) is 0 Å². The van der Waals surface area contributed by atoms with Crippen LogP contribution in [0.4, 0.5) is 5.69 Å². The number of thioether (sulfide) groups is 1. The Morgan fingerprint density at radius 2 is 1.60 bits per heavy atom. The molecule has 0 atom stereocenters. The Balaban J connectivity index is 1.42. The van der Waals surface area contributed by atoms with E-state index in [-0.39, 0.29) is 5.91 Å². The summed E-state index contributed by atoms with van der Waals surface area (Å²) in [7, 11) is 0. The van der Waals surface area contributed by atoms with Gasteiger partial charge in [-0.05, 0) is 47.6 Å². The van der Waals surface area contributed by atoms with Gasteiger partial charge in [-0.25, -0.2) is 0 Å². The lowest BCUT2D eigenvalue weighted by Gasteiger charge is -2.26. The summed E-state index contributed by atoms with van der Waals surface area (Å²) in [6.07, 6.45) is 18.1. The second kappa shape index (κ2) is 18.3. The number of rotatable bonds is 19. The highest BCUT2D eigenvalue weighted by Gasteiger charge is 2.19. The molecule has 0 bridgehead atoms. The minimum absolute atomic E-state index is 0.0124. The van der Waals surface area contributed by atoms with Gasteiger partial charge in [-0.15, -0.1) is 11.8 Å². The zero-order valence-electron chi connectivity index (χ0n) is 24.9. The molecule has 0 spiro atoms. The lowest BCUT2D eigenvalue weighted by molar-refractivity contribution is -0.116. The van der Waals surface area contributed by atoms with Crippen molar-refractivity contribution in [2.24, 2.45) is 0 Å². The van der Waals surface area contributed by atoms with E-state index < -0.39 is 0 Å². The summed E-state index contributed by atoms with van der Waals surface area (Å²) < 4.78 is 6.00. The molecule has 220 valence electrons. The first-order valence-electron chi connectivity index (χ1n) is 15.3. The summed E-state index contributed by atoms with van der Waals surface area (Å²) in [5, 5.41) is 0.600. The van der Waals surface area contributed by atoms with E-state index in [4.69, 9.17) is 16.3 Å². The van der Waals surface area contributed by atoms with E-state index in [0.717, 1.165) is 41.4 Å². The van der Waals surface area contributed by atoms with E-state index in [1.165, 1.54) is 75.5 Å². The second-order valence-corrected chi connectivity index (χ2v) is 12.6. The number of ether oxygens (including phenoxy) is 1. The van der Waals surface area contributed by atoms with E-state index in [1.54, 1.807) is 6.92 Å². The van der Waals surface area contributed by atoms with Crippen molar-refractivity contribution in [2.45, 2.75) is 111 Å². The highest BCUT2D eigenvalue weighted by Crippen LogP contribution is 2.31. The SMILES string of the molecule is CCCCCCCCCCCCCCOc1ccc(CN(C(C)=O)c2ccccc2CN2C=C(C)SC2)cc1Cl. The molecule has 6 heteroatoms. The Morgan fingerprint density at radius 3 is 2.20 bits per heavy atom. The maximum Gasteiger partial charge on any atom is 0.224 e. The number of benzene rings is 2. The van der Waals surface area contributed by atoms with Gasteiger partial charge < -0.3 is 14.5 Å². The van der Waals surface area contributed by atoms with Crippen molar-refractivity contribution in [1.29, 1.82) is 0 Å². The summed E-state index contributed by atoms with van der Waals surface area (Å²) in [5.41, 5.74) is 3.07. The van der Waals surface area contributed by atoms with Crippen molar-refractivity contribution in [3.63, 3.8) is 0 Å². The molecule has 40 heavy (non-hydrogen) atoms. The summed E-state index contributed by atoms with van der Waals surface area (Å²) in [6, 6.07) is 14.1. The molecule has 1 amide bonds. The van der Waals surface area contributed by atoms with Crippen LogP contribution in [-0.4, -0.2) is 23.3 Å². The van der Waals surface area contributed by atoms with Crippen molar-refractivity contribution in [3.05, 3.63) is 69.7 Å². The number of hydrogen-bond donors (Lipinski definition) is 0. The largest absolute Gasteiger partial charge is 0.492 e. The number of amides is 1. The first kappa shape index (κ1) is 32.4. The van der Waals surface area contributed by atoms with Gasteiger partial charge in [0.15, 0.2) is 0 Å². The number of nitrogens with zero attached hydrogens (tertiary/aromatic N) is 2. The number of carbonyl (C=O) groups is 1. The van der Waals surface area contributed by atoms with Gasteiger partial charge >= 0.3 is 0 Å². The van der Waals surface area contributed by atoms with Crippen LogP contribution in [0.1, 0.15) is 109 Å². The number of unbranched alkanes of at least 4 members (excludes halogenated alkanes) is 11. The average Bonchev–Trinajstić information content (AvgIpc) is 3.35. The molecule has 1 heterocycles. The first-order chi connectivity index (χ1) is 19.5. The van der Waals surface area contributed by atoms with Crippen LogP contribution in [-0.2, 0) is 17.9 Å². The second-order valence-electron chi connectivity index (χ2n) is 11.0. The van der Waals surface area contributed by atoms with E-state index >= 15 is 0 Å². The molecule has 0 saturated carbocycles. The first-order valence-corrected chi connectivity index (χ1v) is 16.7. The molecule has 0 saturated heterocycles. The highest BCUT2D eigenvalue weighted by atomic mass is 35.5. The zero-order valence-corrected chi connectivity index (χ0v) is 26.5. The minimum atomic E-state index is 0.0124. The number of anilines is 1. The average molecular weight is 585 g/mol. The van der Waals surface area contributed by atoms with Gasteiger partial charge in [0.1, 0.15) is 5.75 Å². The lowest BCUT2D eigenvalue weighted by atomic mass is 10.1. The number of allylic oxidation sites excluding steroid dienone is 1. The standard InChI is InChI=1S/C34H49ClN2O2S/c1-4-5-6-7-8-9-10-11-12-13-14-17-22-39-34-21-20-30(23-32(34)35)25-37(29(3)38)33-19-16-15-18-31(33)26-36-24-28(2)40-27-36/h15-16,18-21,23-24H,4-14,17,22,25-27H2,1-3H3. The molecule has 0 N–H and O–H groups in total. The van der Waals surface area contributed by atoms with E-state index in [9.17, 15) is 4.79 Å². The van der Waals surface area contributed by atoms with Crippen LogP contribution in [0.5, 0.6) is 5.75 Å². The monoisotopic (exact) mass is 584 g/mol. The smallest absolute Gasteiger partial charge is 0.224 e. The molecule has 1 aliphatic heterocycles. The summed E-state index contributed by atoms with van der Waals surface area (Å²) in [6.45, 7) is 7.96. The van der Waals surface area contributed by atoms with Crippen LogP contribution in [0.15, 0.2) is 53.6 Å². The predicted molar refractivity (Wildman–Crippen MR) is 173 cm³/mol. The van der Waals surface area contributed by atoms with Crippen molar-refractivity contribution in [2.75, 3.05) is 17.4 Å². The van der Waals surface area contributed by atoms with Crippen molar-refractivity contribution >= 4 is 35.0 Å². The molecule has 4 nitrogen and oxygen atoms in total. The molecule has 0 radical (unpaired) electrons. The molecule has 2 aromatic carbocycles. The molecule has 3 rings (SSSR count). The molecule has 0 unspecified atom stereocenters. The number of hydrogen-bond acceptors (Lipinski definition) is 4. The highest BCUT2D eigenvalue weighted by molar-refractivity contribution is 8.03. The van der Waals surface area contributed by atoms with Gasteiger partial charge in [-0.1, -0.05) is 113 Å². The number of halogens is 1. The van der Waals surface area contributed by atoms with Gasteiger partial charge in [0.2, 0.25) is 5.91 Å². The Labute approximate surface area is 252 Å². The lowest BCUT2D eigenvalue weighted by Crippen LogP contribution is -2.29. The van der Waals surface area contributed by atoms with E-state index in [0.29, 0.717) is 18.2 Å². The Bertz CT molecular complexity index is 1070. The fraction of sp³-hybridized carbons (Fsp3) is 0.559. The minimum Gasteiger partial charge on any atom is -0.492 e. The van der Waals surface area contributed by atoms with Gasteiger partial charge in [0.05, 0.1) is 24.1 Å². The molecule has 2 aromatic rings. The third-order valence-corrected chi connectivity index (χ3v) is 8.77. The Kier molecular flexibility index (Phi) is 14.9. The van der Waals surface area contributed by atoms with Crippen LogP contribution in [0.2, 0.25) is 5.02 Å². The van der Waals surface area contributed by atoms with Crippen molar-refractivity contribution in [3.8, 4) is 5.75 Å².